The van der Waals surface area contributed by atoms with Crippen molar-refractivity contribution in [3.05, 3.63) is 34.9 Å². The lowest BCUT2D eigenvalue weighted by molar-refractivity contribution is -0.255. The van der Waals surface area contributed by atoms with Crippen LogP contribution in [0.25, 0.3) is 0 Å². The summed E-state index contributed by atoms with van der Waals surface area (Å²) < 4.78 is 65.1. The Morgan fingerprint density at radius 2 is 1.35 bits per heavy atom. The van der Waals surface area contributed by atoms with E-state index in [9.17, 15) is 26.7 Å². The summed E-state index contributed by atoms with van der Waals surface area (Å²) in [5.74, 6) is -8.13. The van der Waals surface area contributed by atoms with Crippen LogP contribution < -0.4 is 0 Å². The summed E-state index contributed by atoms with van der Waals surface area (Å²) in [4.78, 5) is 12.1. The molecule has 0 heterocycles. The van der Waals surface area contributed by atoms with E-state index >= 15 is 0 Å². The van der Waals surface area contributed by atoms with Gasteiger partial charge in [0.25, 0.3) is 0 Å². The van der Waals surface area contributed by atoms with Crippen molar-refractivity contribution in [2.75, 3.05) is 0 Å². The van der Waals surface area contributed by atoms with Crippen LogP contribution in [-0.4, -0.2) is 17.9 Å². The lowest BCUT2D eigenvalue weighted by Crippen LogP contribution is -2.45. The molecule has 0 fully saturated rings. The van der Waals surface area contributed by atoms with Crippen LogP contribution in [0.3, 0.4) is 0 Å². The fourth-order valence-corrected chi connectivity index (χ4v) is 2.40. The van der Waals surface area contributed by atoms with Crippen LogP contribution >= 0.6 is 0 Å². The van der Waals surface area contributed by atoms with E-state index in [0.29, 0.717) is 12.8 Å². The molecule has 6 heteroatoms. The van der Waals surface area contributed by atoms with E-state index in [1.807, 2.05) is 0 Å². The number of carbonyl (C=O) groups excluding carboxylic acids is 1. The number of hydrogen-bond acceptors (Lipinski definition) is 1. The van der Waals surface area contributed by atoms with Gasteiger partial charge in [0.2, 0.25) is 5.78 Å². The van der Waals surface area contributed by atoms with Crippen molar-refractivity contribution in [1.82, 2.24) is 0 Å². The molecule has 0 saturated heterocycles. The highest BCUT2D eigenvalue weighted by atomic mass is 19.4. The van der Waals surface area contributed by atoms with Gasteiger partial charge in [-0.15, -0.1) is 0 Å². The summed E-state index contributed by atoms with van der Waals surface area (Å²) in [6.07, 6.45) is -4.84. The van der Waals surface area contributed by atoms with Crippen molar-refractivity contribution in [3.8, 4) is 0 Å². The Kier molecular flexibility index (Phi) is 5.94. The van der Waals surface area contributed by atoms with E-state index in [-0.39, 0.29) is 23.0 Å². The molecule has 0 radical (unpaired) electrons. The third-order valence-corrected chi connectivity index (χ3v) is 4.28. The van der Waals surface area contributed by atoms with Crippen molar-refractivity contribution >= 4 is 5.78 Å². The maximum Gasteiger partial charge on any atom is 0.461 e. The van der Waals surface area contributed by atoms with Gasteiger partial charge in [-0.1, -0.05) is 45.9 Å². The number of benzene rings is 1. The monoisotopic (exact) mass is 336 g/mol. The first-order chi connectivity index (χ1) is 10.5. The van der Waals surface area contributed by atoms with Gasteiger partial charge in [0.05, 0.1) is 0 Å². The zero-order valence-electron chi connectivity index (χ0n) is 13.6. The fourth-order valence-electron chi connectivity index (χ4n) is 2.40. The maximum atomic E-state index is 13.6. The largest absolute Gasteiger partial charge is 0.461 e. The van der Waals surface area contributed by atoms with Crippen LogP contribution in [0.15, 0.2) is 18.2 Å². The molecule has 0 aliphatic heterocycles. The molecule has 2 atom stereocenters. The molecule has 0 amide bonds. The first-order valence-electron chi connectivity index (χ1n) is 7.61. The van der Waals surface area contributed by atoms with E-state index in [1.54, 1.807) is 33.8 Å². The quantitative estimate of drug-likeness (QED) is 0.453. The lowest BCUT2D eigenvalue weighted by atomic mass is 9.82. The van der Waals surface area contributed by atoms with Crippen molar-refractivity contribution < 1.29 is 26.7 Å². The second kappa shape index (κ2) is 6.97. The molecule has 23 heavy (non-hydrogen) atoms. The van der Waals surface area contributed by atoms with Crippen molar-refractivity contribution in [2.24, 2.45) is 0 Å². The first-order valence-corrected chi connectivity index (χ1v) is 7.61. The third kappa shape index (κ3) is 3.72. The van der Waals surface area contributed by atoms with Gasteiger partial charge in [0.1, 0.15) is 0 Å². The molecule has 0 spiro atoms. The Morgan fingerprint density at radius 1 is 0.957 bits per heavy atom. The minimum Gasteiger partial charge on any atom is -0.287 e. The third-order valence-electron chi connectivity index (χ3n) is 4.28. The standard InChI is InChI=1S/C17H21F5O/c1-5-10(3)12-8-7-9-13(11(4)6-2)14(12)15(23)16(18,19)17(20,21)22/h7-11H,5-6H2,1-4H3. The van der Waals surface area contributed by atoms with Gasteiger partial charge >= 0.3 is 12.1 Å². The number of Topliss-reactive ketones (excluding diaryl/α,β-unsaturated/α-hetero) is 1. The molecule has 1 nitrogen and oxygen atoms in total. The second-order valence-electron chi connectivity index (χ2n) is 5.83. The molecule has 130 valence electrons. The van der Waals surface area contributed by atoms with E-state index < -0.39 is 23.4 Å². The molecule has 0 saturated carbocycles. The molecule has 0 aromatic heterocycles. The Bertz CT molecular complexity index is 534. The molecule has 0 N–H and O–H groups in total. The predicted octanol–water partition coefficient (Wildman–Crippen LogP) is 6.09. The van der Waals surface area contributed by atoms with Crippen LogP contribution in [0.5, 0.6) is 0 Å². The van der Waals surface area contributed by atoms with E-state index in [1.165, 1.54) is 12.1 Å². The fraction of sp³-hybridized carbons (Fsp3) is 0.588. The van der Waals surface area contributed by atoms with Crippen molar-refractivity contribution in [3.63, 3.8) is 0 Å². The highest BCUT2D eigenvalue weighted by molar-refractivity contribution is 6.04. The minimum absolute atomic E-state index is 0.249. The van der Waals surface area contributed by atoms with Crippen molar-refractivity contribution in [2.45, 2.75) is 64.5 Å². The molecule has 2 unspecified atom stereocenters. The Labute approximate surface area is 132 Å². The van der Waals surface area contributed by atoms with Crippen LogP contribution in [-0.2, 0) is 0 Å². The summed E-state index contributed by atoms with van der Waals surface area (Å²) in [5, 5.41) is 0. The predicted molar refractivity (Wildman–Crippen MR) is 79.2 cm³/mol. The number of carbonyl (C=O) groups is 1. The van der Waals surface area contributed by atoms with E-state index in [0.717, 1.165) is 0 Å². The average molecular weight is 336 g/mol. The minimum atomic E-state index is -5.90. The van der Waals surface area contributed by atoms with Gasteiger partial charge in [-0.2, -0.15) is 22.0 Å². The topological polar surface area (TPSA) is 17.1 Å². The summed E-state index contributed by atoms with van der Waals surface area (Å²) in [6, 6.07) is 4.52. The number of hydrogen-bond donors (Lipinski definition) is 0. The summed E-state index contributed by atoms with van der Waals surface area (Å²) in [6.45, 7) is 6.99. The molecular weight excluding hydrogens is 315 g/mol. The molecular formula is C17H21F5O. The number of rotatable bonds is 6. The number of alkyl halides is 5. The second-order valence-corrected chi connectivity index (χ2v) is 5.83. The van der Waals surface area contributed by atoms with Gasteiger partial charge in [-0.3, -0.25) is 4.79 Å². The molecule has 0 aliphatic rings. The zero-order chi connectivity index (χ0) is 18.0. The molecule has 0 aliphatic carbocycles. The number of ketones is 1. The first kappa shape index (κ1) is 19.6. The summed E-state index contributed by atoms with van der Waals surface area (Å²) in [5.41, 5.74) is 0.0250. The van der Waals surface area contributed by atoms with Crippen LogP contribution in [0.4, 0.5) is 22.0 Å². The lowest BCUT2D eigenvalue weighted by Gasteiger charge is -2.25. The Balaban J connectivity index is 3.62. The SMILES string of the molecule is CCC(C)c1cccc(C(C)CC)c1C(=O)C(F)(F)C(F)(F)F. The van der Waals surface area contributed by atoms with Gasteiger partial charge < -0.3 is 0 Å². The molecule has 1 rings (SSSR count). The van der Waals surface area contributed by atoms with Gasteiger partial charge in [0, 0.05) is 5.56 Å². The van der Waals surface area contributed by atoms with Gasteiger partial charge in [-0.25, -0.2) is 0 Å². The smallest absolute Gasteiger partial charge is 0.287 e. The van der Waals surface area contributed by atoms with Crippen LogP contribution in [0.1, 0.15) is 73.9 Å². The Morgan fingerprint density at radius 3 is 1.65 bits per heavy atom. The Hall–Kier alpha value is -1.46. The van der Waals surface area contributed by atoms with Crippen molar-refractivity contribution in [1.29, 1.82) is 0 Å². The highest BCUT2D eigenvalue weighted by Gasteiger charge is 2.63. The normalized spacial score (nSPS) is 15.3. The summed E-state index contributed by atoms with van der Waals surface area (Å²) in [7, 11) is 0. The molecule has 1 aromatic carbocycles. The van der Waals surface area contributed by atoms with Gasteiger partial charge in [0.15, 0.2) is 0 Å². The average Bonchev–Trinajstić information content (AvgIpc) is 2.50. The van der Waals surface area contributed by atoms with Crippen LogP contribution in [0.2, 0.25) is 0 Å². The molecule has 0 bridgehead atoms. The summed E-state index contributed by atoms with van der Waals surface area (Å²) >= 11 is 0. The van der Waals surface area contributed by atoms with E-state index in [4.69, 9.17) is 0 Å². The zero-order valence-corrected chi connectivity index (χ0v) is 13.6. The highest BCUT2D eigenvalue weighted by Crippen LogP contribution is 2.41. The van der Waals surface area contributed by atoms with E-state index in [2.05, 4.69) is 0 Å². The number of halogens is 5. The van der Waals surface area contributed by atoms with Gasteiger partial charge in [-0.05, 0) is 35.8 Å². The molecule has 1 aromatic rings. The van der Waals surface area contributed by atoms with Crippen LogP contribution in [0, 0.1) is 0 Å². The maximum absolute atomic E-state index is 13.6.